The van der Waals surface area contributed by atoms with Crippen LogP contribution in [-0.2, 0) is 25.7 Å². The van der Waals surface area contributed by atoms with Crippen molar-refractivity contribution in [2.24, 2.45) is 11.8 Å². The summed E-state index contributed by atoms with van der Waals surface area (Å²) >= 11 is 0. The Balaban J connectivity index is 1.33. The summed E-state index contributed by atoms with van der Waals surface area (Å²) in [6.07, 6.45) is 8.12. The first kappa shape index (κ1) is 28.5. The first-order valence-electron chi connectivity index (χ1n) is 15.4. The summed E-state index contributed by atoms with van der Waals surface area (Å²) in [5.41, 5.74) is -0.725. The Labute approximate surface area is 257 Å². The largest absolute Gasteiger partial charge is 0.394 e. The maximum Gasteiger partial charge on any atom is 0.253 e. The number of fused-ring (bicyclic) bond motifs is 3. The van der Waals surface area contributed by atoms with E-state index in [4.69, 9.17) is 4.74 Å². The van der Waals surface area contributed by atoms with Crippen LogP contribution in [0.2, 0.25) is 0 Å². The highest BCUT2D eigenvalue weighted by atomic mass is 16.5. The Morgan fingerprint density at radius 3 is 2.34 bits per heavy atom. The van der Waals surface area contributed by atoms with Gasteiger partial charge in [-0.3, -0.25) is 14.4 Å². The van der Waals surface area contributed by atoms with E-state index in [0.717, 1.165) is 16.3 Å². The fourth-order valence-electron chi connectivity index (χ4n) is 7.83. The number of likely N-dealkylation sites (tertiary alicyclic amines) is 1. The van der Waals surface area contributed by atoms with Gasteiger partial charge < -0.3 is 24.5 Å². The van der Waals surface area contributed by atoms with Crippen molar-refractivity contribution in [3.8, 4) is 0 Å². The van der Waals surface area contributed by atoms with Crippen molar-refractivity contribution >= 4 is 34.2 Å². The molecule has 44 heavy (non-hydrogen) atoms. The van der Waals surface area contributed by atoms with Crippen LogP contribution in [0.4, 0.5) is 5.69 Å². The van der Waals surface area contributed by atoms with Crippen LogP contribution < -0.4 is 4.90 Å². The molecule has 8 nitrogen and oxygen atoms in total. The molecule has 2 saturated heterocycles. The number of carbonyl (C=O) groups excluding carboxylic acids is 3. The van der Waals surface area contributed by atoms with E-state index in [1.165, 1.54) is 4.90 Å². The summed E-state index contributed by atoms with van der Waals surface area (Å²) in [6, 6.07) is 21.9. The van der Waals surface area contributed by atoms with Crippen molar-refractivity contribution < 1.29 is 24.2 Å². The molecule has 0 radical (unpaired) electrons. The predicted octanol–water partition coefficient (Wildman–Crippen LogP) is 4.08. The Morgan fingerprint density at radius 2 is 1.59 bits per heavy atom. The number of benzene rings is 3. The summed E-state index contributed by atoms with van der Waals surface area (Å²) in [4.78, 5) is 48.8. The topological polar surface area (TPSA) is 90.4 Å². The molecule has 4 aliphatic rings. The summed E-state index contributed by atoms with van der Waals surface area (Å²) in [5, 5.41) is 12.4. The Hall–Kier alpha value is -4.27. The number of amides is 3. The van der Waals surface area contributed by atoms with Gasteiger partial charge in [-0.1, -0.05) is 91.9 Å². The second-order valence-electron chi connectivity index (χ2n) is 12.4. The zero-order valence-corrected chi connectivity index (χ0v) is 25.0. The maximum atomic E-state index is 14.7. The Bertz CT molecular complexity index is 1690. The minimum atomic E-state index is -1.38. The molecule has 0 bridgehead atoms. The molecule has 0 aromatic heterocycles. The third-order valence-electron chi connectivity index (χ3n) is 9.96. The second-order valence-corrected chi connectivity index (χ2v) is 12.4. The van der Waals surface area contributed by atoms with Gasteiger partial charge in [-0.2, -0.15) is 0 Å². The molecule has 1 N–H and O–H groups in total. The van der Waals surface area contributed by atoms with Gasteiger partial charge in [-0.05, 0) is 41.8 Å². The SMILES string of the molecule is CC[C@]12C=CCN(Cc3ccccc3)C(=O)[C@H]1[C@H]1C(=O)N([C@H](C)CO)C3C(=O)N(c4ccc5ccccc5c4)CC=C[C@@]31O2. The molecule has 7 rings (SSSR count). The molecule has 226 valence electrons. The fraction of sp³-hybridized carbons (Fsp3) is 0.361. The zero-order chi connectivity index (χ0) is 30.6. The normalized spacial score (nSPS) is 30.3. The lowest BCUT2D eigenvalue weighted by molar-refractivity contribution is -0.152. The summed E-state index contributed by atoms with van der Waals surface area (Å²) in [6.45, 7) is 4.46. The van der Waals surface area contributed by atoms with Gasteiger partial charge in [-0.15, -0.1) is 0 Å². The number of aliphatic hydroxyl groups excluding tert-OH is 1. The van der Waals surface area contributed by atoms with Crippen molar-refractivity contribution in [1.82, 2.24) is 9.80 Å². The quantitative estimate of drug-likeness (QED) is 0.437. The van der Waals surface area contributed by atoms with E-state index >= 15 is 0 Å². The van der Waals surface area contributed by atoms with Crippen LogP contribution in [0, 0.1) is 11.8 Å². The molecule has 3 aromatic carbocycles. The molecule has 4 heterocycles. The molecule has 4 aliphatic heterocycles. The average molecular weight is 592 g/mol. The summed E-state index contributed by atoms with van der Waals surface area (Å²) in [7, 11) is 0. The monoisotopic (exact) mass is 591 g/mol. The van der Waals surface area contributed by atoms with Crippen LogP contribution >= 0.6 is 0 Å². The lowest BCUT2D eigenvalue weighted by atomic mass is 9.73. The van der Waals surface area contributed by atoms with E-state index in [0.29, 0.717) is 25.2 Å². The van der Waals surface area contributed by atoms with Crippen molar-refractivity contribution in [3.63, 3.8) is 0 Å². The smallest absolute Gasteiger partial charge is 0.253 e. The molecule has 2 fully saturated rings. The minimum Gasteiger partial charge on any atom is -0.394 e. The highest BCUT2D eigenvalue weighted by molar-refractivity contribution is 6.07. The third-order valence-corrected chi connectivity index (χ3v) is 9.96. The molecular weight excluding hydrogens is 554 g/mol. The van der Waals surface area contributed by atoms with E-state index in [1.807, 2.05) is 104 Å². The number of hydrogen-bond acceptors (Lipinski definition) is 5. The molecule has 3 amide bonds. The molecule has 8 heteroatoms. The third kappa shape index (κ3) is 4.15. The van der Waals surface area contributed by atoms with Crippen LogP contribution in [-0.4, -0.2) is 75.6 Å². The van der Waals surface area contributed by atoms with Gasteiger partial charge >= 0.3 is 0 Å². The van der Waals surface area contributed by atoms with E-state index in [2.05, 4.69) is 0 Å². The van der Waals surface area contributed by atoms with Crippen molar-refractivity contribution in [1.29, 1.82) is 0 Å². The summed E-state index contributed by atoms with van der Waals surface area (Å²) < 4.78 is 7.05. The summed E-state index contributed by atoms with van der Waals surface area (Å²) in [5.74, 6) is -2.54. The predicted molar refractivity (Wildman–Crippen MR) is 167 cm³/mol. The molecule has 1 spiro atoms. The average Bonchev–Trinajstić information content (AvgIpc) is 3.35. The number of aliphatic hydroxyl groups is 1. The van der Waals surface area contributed by atoms with Crippen LogP contribution in [0.15, 0.2) is 97.1 Å². The molecule has 1 unspecified atom stereocenters. The van der Waals surface area contributed by atoms with E-state index < -0.39 is 35.1 Å². The van der Waals surface area contributed by atoms with Gasteiger partial charge in [-0.25, -0.2) is 0 Å². The second kappa shape index (κ2) is 10.7. The lowest BCUT2D eigenvalue weighted by Gasteiger charge is -2.40. The number of rotatable bonds is 6. The molecule has 0 saturated carbocycles. The molecular formula is C36H37N3O5. The van der Waals surface area contributed by atoms with E-state index in [9.17, 15) is 19.5 Å². The molecule has 6 atom stereocenters. The van der Waals surface area contributed by atoms with Gasteiger partial charge in [0.15, 0.2) is 0 Å². The van der Waals surface area contributed by atoms with Gasteiger partial charge in [0.2, 0.25) is 11.8 Å². The minimum absolute atomic E-state index is 0.162. The Kier molecular flexibility index (Phi) is 6.94. The fourth-order valence-corrected chi connectivity index (χ4v) is 7.83. The highest BCUT2D eigenvalue weighted by Crippen LogP contribution is 2.59. The lowest BCUT2D eigenvalue weighted by Crippen LogP contribution is -2.58. The van der Waals surface area contributed by atoms with Crippen LogP contribution in [0.3, 0.4) is 0 Å². The van der Waals surface area contributed by atoms with Crippen molar-refractivity contribution in [2.45, 2.75) is 50.1 Å². The molecule has 3 aromatic rings. The van der Waals surface area contributed by atoms with Gasteiger partial charge in [0.25, 0.3) is 5.91 Å². The highest BCUT2D eigenvalue weighted by Gasteiger charge is 2.75. The van der Waals surface area contributed by atoms with E-state index in [1.54, 1.807) is 16.7 Å². The van der Waals surface area contributed by atoms with Crippen LogP contribution in [0.1, 0.15) is 25.8 Å². The van der Waals surface area contributed by atoms with Crippen molar-refractivity contribution in [3.05, 3.63) is 103 Å². The van der Waals surface area contributed by atoms with Crippen molar-refractivity contribution in [2.75, 3.05) is 24.6 Å². The number of hydrogen-bond donors (Lipinski definition) is 1. The number of anilines is 1. The van der Waals surface area contributed by atoms with E-state index in [-0.39, 0.29) is 30.9 Å². The Morgan fingerprint density at radius 1 is 0.864 bits per heavy atom. The number of carbonyl (C=O) groups is 3. The standard InChI is InChI=1S/C36H37N3O5/c1-3-35-17-9-19-37(22-25-11-5-4-6-12-25)32(41)29(35)30-33(42)39(24(2)23-40)31-34(43)38(20-10-18-36(30,31)44-35)28-16-15-26-13-7-8-14-27(26)21-28/h4-18,21,24,29-31,40H,3,19-20,22-23H2,1-2H3/t24-,29-,30+,31?,35+,36+/m1/s1. The van der Waals surface area contributed by atoms with Gasteiger partial charge in [0.05, 0.1) is 30.1 Å². The van der Waals surface area contributed by atoms with Crippen LogP contribution in [0.25, 0.3) is 10.8 Å². The number of nitrogens with zero attached hydrogens (tertiary/aromatic N) is 3. The number of ether oxygens (including phenoxy) is 1. The maximum absolute atomic E-state index is 14.7. The van der Waals surface area contributed by atoms with Gasteiger partial charge in [0.1, 0.15) is 11.6 Å². The zero-order valence-electron chi connectivity index (χ0n) is 25.0. The van der Waals surface area contributed by atoms with Crippen LogP contribution in [0.5, 0.6) is 0 Å². The first-order chi connectivity index (χ1) is 21.3. The first-order valence-corrected chi connectivity index (χ1v) is 15.4. The molecule has 0 aliphatic carbocycles. The van der Waals surface area contributed by atoms with Gasteiger partial charge in [0, 0.05) is 25.3 Å².